The van der Waals surface area contributed by atoms with Gasteiger partial charge in [-0.15, -0.1) is 0 Å². The Morgan fingerprint density at radius 3 is 0.375 bits per heavy atom. The minimum atomic E-state index is -1.63. The van der Waals surface area contributed by atoms with Crippen LogP contribution in [0.1, 0.15) is 34.6 Å². The molecule has 0 spiro atoms. The van der Waals surface area contributed by atoms with E-state index in [4.69, 9.17) is 0 Å². The molecule has 0 aliphatic rings. The molecule has 0 N–H and O–H groups in total. The van der Waals surface area contributed by atoms with Crippen LogP contribution in [0.3, 0.4) is 0 Å². The minimum absolute atomic E-state index is 0. The van der Waals surface area contributed by atoms with E-state index in [0.717, 1.165) is 34.6 Å². The summed E-state index contributed by atoms with van der Waals surface area (Å²) < 4.78 is 0. The maximum Gasteiger partial charge on any atom is 4.00 e. The molecule has 170 valence electrons. The van der Waals surface area contributed by atoms with Crippen LogP contribution in [-0.2, 0) is 47.9 Å². The molecule has 0 heterocycles. The Labute approximate surface area is 203 Å². The van der Waals surface area contributed by atoms with E-state index in [-0.39, 0.29) is 37.0 Å². The number of Topliss-reactive ketones (excluding diaryl/α,β-unsaturated/α-hetero) is 5. The molecule has 0 unspecified atom stereocenters. The van der Waals surface area contributed by atoms with Gasteiger partial charge in [0.25, 0.3) is 0 Å². The Morgan fingerprint density at radius 2 is 0.375 bits per heavy atom. The first kappa shape index (κ1) is 46.8. The van der Waals surface area contributed by atoms with Gasteiger partial charge in [-0.2, -0.15) is 0 Å². The summed E-state index contributed by atoms with van der Waals surface area (Å²) in [5, 5.41) is 46.2. The summed E-state index contributed by atoms with van der Waals surface area (Å²) in [5.74, 6) is -12.8. The molecular weight excluding hydrogens is 455 g/mol. The Hall–Kier alpha value is -3.30. The standard InChI is InChI=1S/5C3H4O3.C.Na/c5*1-2(4)3(5)6;;/h5*1H3,(H,5,6);;/q;;;;;+4;+1/p-5. The van der Waals surface area contributed by atoms with Gasteiger partial charge in [-0.3, -0.25) is 24.0 Å². The predicted octanol–water partition coefficient (Wildman–Crippen LogP) is -11.3. The van der Waals surface area contributed by atoms with Gasteiger partial charge in [-0.05, 0) is 0 Å². The van der Waals surface area contributed by atoms with E-state index in [1.54, 1.807) is 0 Å². The number of hydrogen-bond acceptors (Lipinski definition) is 15. The van der Waals surface area contributed by atoms with Gasteiger partial charge in [0.05, 0.1) is 0 Å². The Balaban J connectivity index is -0.0000000481. The van der Waals surface area contributed by atoms with Crippen LogP contribution in [0.25, 0.3) is 0 Å². The van der Waals surface area contributed by atoms with Crippen LogP contribution in [0.4, 0.5) is 0 Å². The summed E-state index contributed by atoms with van der Waals surface area (Å²) in [5.41, 5.74) is 0. The summed E-state index contributed by atoms with van der Waals surface area (Å²) in [4.78, 5) is 93.6. The third kappa shape index (κ3) is 63.2. The van der Waals surface area contributed by atoms with E-state index >= 15 is 0 Å². The summed E-state index contributed by atoms with van der Waals surface area (Å²) >= 11 is 0. The Bertz CT molecular complexity index is 507. The van der Waals surface area contributed by atoms with Gasteiger partial charge in [0.1, 0.15) is 29.8 Å². The van der Waals surface area contributed by atoms with E-state index in [1.807, 2.05) is 0 Å². The fourth-order valence-corrected chi connectivity index (χ4v) is 0. The SMILES string of the molecule is CC(=O)C(=O)[O-].CC(=O)C(=O)[O-].CC(=O)C(=O)[O-].CC(=O)C(=O)[O-].CC(=O)C(=O)[O-].[C+4].[Na+]. The van der Waals surface area contributed by atoms with Crippen molar-refractivity contribution in [2.45, 2.75) is 34.6 Å². The van der Waals surface area contributed by atoms with Crippen molar-refractivity contribution in [3.8, 4) is 0 Å². The molecular formula is C16H15NaO15. The van der Waals surface area contributed by atoms with E-state index in [2.05, 4.69) is 0 Å². The Morgan fingerprint density at radius 1 is 0.344 bits per heavy atom. The zero-order valence-electron chi connectivity index (χ0n) is 17.6. The molecule has 0 aliphatic carbocycles. The summed E-state index contributed by atoms with van der Waals surface area (Å²) in [6.45, 7) is 4.70. The first-order valence-electron chi connectivity index (χ1n) is 6.81. The number of ketones is 5. The molecule has 0 fully saturated rings. The molecule has 0 aromatic heterocycles. The number of aliphatic carboxylic acids is 5. The van der Waals surface area contributed by atoms with Gasteiger partial charge in [0.15, 0.2) is 28.9 Å². The minimum Gasteiger partial charge on any atom is -0.542 e. The number of carbonyl (C=O) groups is 10. The van der Waals surface area contributed by atoms with Crippen LogP contribution >= 0.6 is 0 Å². The monoisotopic (exact) mass is 470 g/mol. The molecule has 0 bridgehead atoms. The third-order valence-electron chi connectivity index (χ3n) is 1.44. The topological polar surface area (TPSA) is 286 Å². The van der Waals surface area contributed by atoms with Crippen LogP contribution in [0.15, 0.2) is 0 Å². The molecule has 0 atom stereocenters. The van der Waals surface area contributed by atoms with Gasteiger partial charge in [-0.25, -0.2) is 0 Å². The molecule has 0 radical (unpaired) electrons. The number of hydrogen-bond donors (Lipinski definition) is 0. The van der Waals surface area contributed by atoms with Gasteiger partial charge >= 0.3 is 37.0 Å². The fourth-order valence-electron chi connectivity index (χ4n) is 0. The van der Waals surface area contributed by atoms with Crippen LogP contribution in [0.2, 0.25) is 0 Å². The summed E-state index contributed by atoms with van der Waals surface area (Å²) in [6, 6.07) is 0. The molecule has 0 saturated carbocycles. The van der Waals surface area contributed by atoms with Crippen LogP contribution < -0.4 is 55.1 Å². The second-order valence-corrected chi connectivity index (χ2v) is 4.22. The summed E-state index contributed by atoms with van der Waals surface area (Å²) in [6.07, 6.45) is 0. The van der Waals surface area contributed by atoms with Crippen LogP contribution in [0.5, 0.6) is 0 Å². The molecule has 0 amide bonds. The second-order valence-electron chi connectivity index (χ2n) is 4.22. The van der Waals surface area contributed by atoms with Crippen molar-refractivity contribution in [2.75, 3.05) is 0 Å². The van der Waals surface area contributed by atoms with E-state index in [1.165, 1.54) is 0 Å². The third-order valence-corrected chi connectivity index (χ3v) is 1.44. The van der Waals surface area contributed by atoms with E-state index in [9.17, 15) is 73.5 Å². The normalized spacial score (nSPS) is 7.03. The van der Waals surface area contributed by atoms with Gasteiger partial charge < -0.3 is 49.5 Å². The molecule has 0 aliphatic heterocycles. The van der Waals surface area contributed by atoms with Gasteiger partial charge in [0.2, 0.25) is 0 Å². The van der Waals surface area contributed by atoms with Crippen LogP contribution in [0, 0.1) is 7.43 Å². The maximum absolute atomic E-state index is 9.48. The van der Waals surface area contributed by atoms with Crippen molar-refractivity contribution in [3.05, 3.63) is 7.43 Å². The maximum atomic E-state index is 9.48. The zero-order chi connectivity index (χ0) is 25.8. The fraction of sp³-hybridized carbons (Fsp3) is 0.312. The molecule has 16 heteroatoms. The summed E-state index contributed by atoms with van der Waals surface area (Å²) in [7, 11) is 0. The van der Waals surface area contributed by atoms with Crippen molar-refractivity contribution in [1.29, 1.82) is 0 Å². The zero-order valence-corrected chi connectivity index (χ0v) is 19.6. The molecule has 0 saturated heterocycles. The number of carboxylic acid groups (broad SMARTS) is 5. The van der Waals surface area contributed by atoms with E-state index in [0.29, 0.717) is 0 Å². The van der Waals surface area contributed by atoms with Gasteiger partial charge in [-0.1, -0.05) is 0 Å². The first-order valence-corrected chi connectivity index (χ1v) is 6.81. The predicted molar refractivity (Wildman–Crippen MR) is 81.7 cm³/mol. The van der Waals surface area contributed by atoms with Crippen LogP contribution in [-0.4, -0.2) is 58.8 Å². The number of rotatable bonds is 5. The molecule has 0 aromatic rings. The van der Waals surface area contributed by atoms with Crippen molar-refractivity contribution < 1.29 is 103 Å². The smallest absolute Gasteiger partial charge is 0.542 e. The van der Waals surface area contributed by atoms with E-state index < -0.39 is 58.8 Å². The average Bonchev–Trinajstić information content (AvgIpc) is 2.56. The molecule has 0 rings (SSSR count). The first-order chi connectivity index (χ1) is 13.2. The average molecular weight is 470 g/mol. The second kappa shape index (κ2) is 27.7. The molecule has 0 aromatic carbocycles. The molecule has 32 heavy (non-hydrogen) atoms. The largest absolute Gasteiger partial charge is 4.00 e. The quantitative estimate of drug-likeness (QED) is 0.266. The van der Waals surface area contributed by atoms with Crippen molar-refractivity contribution in [3.63, 3.8) is 0 Å². The number of carbonyl (C=O) groups excluding carboxylic acids is 10. The number of carboxylic acids is 5. The van der Waals surface area contributed by atoms with Crippen molar-refractivity contribution >= 4 is 58.8 Å². The Kier molecular flexibility index (Phi) is 40.5. The van der Waals surface area contributed by atoms with Crippen molar-refractivity contribution in [2.24, 2.45) is 0 Å². The van der Waals surface area contributed by atoms with Gasteiger partial charge in [0, 0.05) is 34.6 Å². The van der Waals surface area contributed by atoms with Crippen molar-refractivity contribution in [1.82, 2.24) is 0 Å². The molecule has 15 nitrogen and oxygen atoms in total.